The number of nitrogens with one attached hydrogen (secondary N) is 1. The highest BCUT2D eigenvalue weighted by Gasteiger charge is 2.17. The molecule has 0 unspecified atom stereocenters. The molecule has 0 saturated heterocycles. The van der Waals surface area contributed by atoms with Gasteiger partial charge in [-0.25, -0.2) is 4.98 Å². The minimum atomic E-state index is 0.221. The maximum atomic E-state index is 9.04. The van der Waals surface area contributed by atoms with Gasteiger partial charge in [-0.05, 0) is 13.3 Å². The summed E-state index contributed by atoms with van der Waals surface area (Å²) in [5.41, 5.74) is 1.20. The van der Waals surface area contributed by atoms with Crippen LogP contribution in [0.2, 0.25) is 0 Å². The van der Waals surface area contributed by atoms with Gasteiger partial charge in [0.25, 0.3) is 0 Å². The number of hydrogen-bond donors (Lipinski definition) is 2. The Morgan fingerprint density at radius 2 is 2.30 bits per heavy atom. The molecule has 0 aliphatic heterocycles. The van der Waals surface area contributed by atoms with Gasteiger partial charge in [-0.2, -0.15) is 0 Å². The number of fused-ring (bicyclic) bond motifs is 1. The van der Waals surface area contributed by atoms with E-state index < -0.39 is 0 Å². The van der Waals surface area contributed by atoms with Gasteiger partial charge < -0.3 is 15.3 Å². The van der Waals surface area contributed by atoms with Crippen molar-refractivity contribution in [3.05, 3.63) is 17.3 Å². The van der Waals surface area contributed by atoms with Crippen LogP contribution in [-0.2, 0) is 6.54 Å². The first-order valence-electron chi connectivity index (χ1n) is 7.21. The highest BCUT2D eigenvalue weighted by atomic mass is 32.1. The second-order valence-electron chi connectivity index (χ2n) is 5.13. The van der Waals surface area contributed by atoms with Crippen molar-refractivity contribution in [3.8, 4) is 0 Å². The third-order valence-corrected chi connectivity index (χ3v) is 4.04. The van der Waals surface area contributed by atoms with E-state index in [0.717, 1.165) is 36.8 Å². The van der Waals surface area contributed by atoms with Crippen molar-refractivity contribution < 1.29 is 5.11 Å². The van der Waals surface area contributed by atoms with E-state index in [1.54, 1.807) is 11.3 Å². The van der Waals surface area contributed by atoms with Crippen LogP contribution < -0.4 is 10.2 Å². The number of imidazole rings is 1. The molecular weight excluding hydrogens is 272 g/mol. The van der Waals surface area contributed by atoms with Crippen LogP contribution in [0.15, 0.2) is 11.6 Å². The molecule has 20 heavy (non-hydrogen) atoms. The lowest BCUT2D eigenvalue weighted by Gasteiger charge is -2.22. The summed E-state index contributed by atoms with van der Waals surface area (Å²) in [6.45, 7) is 9.19. The minimum Gasteiger partial charge on any atom is -0.396 e. The first kappa shape index (κ1) is 15.3. The Labute approximate surface area is 124 Å². The lowest BCUT2D eigenvalue weighted by Crippen LogP contribution is -2.28. The number of rotatable bonds is 8. The molecule has 0 fully saturated rings. The van der Waals surface area contributed by atoms with Gasteiger partial charge in [0.2, 0.25) is 0 Å². The van der Waals surface area contributed by atoms with E-state index in [4.69, 9.17) is 10.1 Å². The van der Waals surface area contributed by atoms with E-state index in [-0.39, 0.29) is 6.61 Å². The van der Waals surface area contributed by atoms with Gasteiger partial charge in [0.15, 0.2) is 10.8 Å². The number of hydrogen-bond acceptors (Lipinski definition) is 5. The molecule has 112 valence electrons. The number of aliphatic hydroxyl groups excluding tert-OH is 1. The first-order valence-corrected chi connectivity index (χ1v) is 8.09. The fourth-order valence-electron chi connectivity index (χ4n) is 2.21. The van der Waals surface area contributed by atoms with Crippen molar-refractivity contribution in [1.29, 1.82) is 0 Å². The summed E-state index contributed by atoms with van der Waals surface area (Å²) in [5.74, 6) is 1.04. The van der Waals surface area contributed by atoms with E-state index in [9.17, 15) is 0 Å². The molecule has 5 nitrogen and oxygen atoms in total. The summed E-state index contributed by atoms with van der Waals surface area (Å²) in [6.07, 6.45) is 2.85. The molecule has 0 aliphatic rings. The zero-order valence-corrected chi connectivity index (χ0v) is 13.3. The van der Waals surface area contributed by atoms with Crippen molar-refractivity contribution >= 4 is 22.1 Å². The average molecular weight is 296 g/mol. The molecule has 0 bridgehead atoms. The van der Waals surface area contributed by atoms with Gasteiger partial charge in [0.1, 0.15) is 0 Å². The summed E-state index contributed by atoms with van der Waals surface area (Å²) in [6, 6.07) is 0.444. The summed E-state index contributed by atoms with van der Waals surface area (Å²) in [7, 11) is 0. The Balaban J connectivity index is 2.29. The number of aliphatic hydroxyl groups is 1. The normalized spacial score (nSPS) is 11.7. The topological polar surface area (TPSA) is 52.8 Å². The first-order chi connectivity index (χ1) is 9.67. The summed E-state index contributed by atoms with van der Waals surface area (Å²) >= 11 is 1.66. The van der Waals surface area contributed by atoms with Crippen LogP contribution in [0.4, 0.5) is 5.82 Å². The van der Waals surface area contributed by atoms with Gasteiger partial charge in [-0.15, -0.1) is 11.3 Å². The Morgan fingerprint density at radius 1 is 1.50 bits per heavy atom. The Morgan fingerprint density at radius 3 is 2.95 bits per heavy atom. The standard InChI is InChI=1S/C14H24N4OS/c1-4-17(6-5-8-19)13-12(10-15-11(2)3)18-7-9-20-14(18)16-13/h7,9,11,15,19H,4-6,8,10H2,1-3H3. The van der Waals surface area contributed by atoms with Gasteiger partial charge >= 0.3 is 0 Å². The molecular formula is C14H24N4OS. The Bertz CT molecular complexity index is 534. The van der Waals surface area contributed by atoms with E-state index in [1.165, 1.54) is 5.69 Å². The highest BCUT2D eigenvalue weighted by Crippen LogP contribution is 2.25. The summed E-state index contributed by atoms with van der Waals surface area (Å²) < 4.78 is 2.16. The Hall–Kier alpha value is -1.11. The van der Waals surface area contributed by atoms with Crippen LogP contribution in [0.25, 0.3) is 4.96 Å². The number of thiazole rings is 1. The third-order valence-electron chi connectivity index (χ3n) is 3.29. The quantitative estimate of drug-likeness (QED) is 0.783. The molecule has 0 aliphatic carbocycles. The molecule has 0 radical (unpaired) electrons. The molecule has 0 amide bonds. The Kier molecular flexibility index (Phi) is 5.39. The van der Waals surface area contributed by atoms with Crippen LogP contribution in [0.3, 0.4) is 0 Å². The molecule has 2 aromatic rings. The largest absolute Gasteiger partial charge is 0.396 e. The molecule has 2 heterocycles. The lowest BCUT2D eigenvalue weighted by atomic mass is 10.3. The summed E-state index contributed by atoms with van der Waals surface area (Å²) in [5, 5.41) is 14.6. The molecule has 0 aromatic carbocycles. The second kappa shape index (κ2) is 7.06. The predicted molar refractivity (Wildman–Crippen MR) is 84.6 cm³/mol. The molecule has 0 saturated carbocycles. The molecule has 2 N–H and O–H groups in total. The van der Waals surface area contributed by atoms with Gasteiger partial charge in [0.05, 0.1) is 5.69 Å². The zero-order valence-electron chi connectivity index (χ0n) is 12.5. The molecule has 0 atom stereocenters. The molecule has 2 rings (SSSR count). The number of aromatic nitrogens is 2. The number of nitrogens with zero attached hydrogens (tertiary/aromatic N) is 3. The monoisotopic (exact) mass is 296 g/mol. The molecule has 0 spiro atoms. The van der Waals surface area contributed by atoms with Crippen LogP contribution in [0.5, 0.6) is 0 Å². The van der Waals surface area contributed by atoms with Gasteiger partial charge in [-0.1, -0.05) is 13.8 Å². The third kappa shape index (κ3) is 3.31. The van der Waals surface area contributed by atoms with E-state index in [0.29, 0.717) is 6.04 Å². The van der Waals surface area contributed by atoms with Gasteiger partial charge in [-0.3, -0.25) is 4.40 Å². The van der Waals surface area contributed by atoms with E-state index in [2.05, 4.69) is 47.0 Å². The highest BCUT2D eigenvalue weighted by molar-refractivity contribution is 7.15. The van der Waals surface area contributed by atoms with Crippen LogP contribution in [0.1, 0.15) is 32.9 Å². The SMILES string of the molecule is CCN(CCCO)c1nc2sccn2c1CNC(C)C. The van der Waals surface area contributed by atoms with Crippen molar-refractivity contribution in [2.24, 2.45) is 0 Å². The summed E-state index contributed by atoms with van der Waals surface area (Å²) in [4.78, 5) is 8.03. The van der Waals surface area contributed by atoms with Crippen molar-refractivity contribution in [1.82, 2.24) is 14.7 Å². The minimum absolute atomic E-state index is 0.221. The van der Waals surface area contributed by atoms with E-state index in [1.807, 2.05) is 0 Å². The van der Waals surface area contributed by atoms with Crippen molar-refractivity contribution in [2.75, 3.05) is 24.6 Å². The maximum absolute atomic E-state index is 9.04. The van der Waals surface area contributed by atoms with Crippen LogP contribution in [-0.4, -0.2) is 40.2 Å². The molecule has 2 aromatic heterocycles. The fourth-order valence-corrected chi connectivity index (χ4v) is 2.94. The van der Waals surface area contributed by atoms with E-state index >= 15 is 0 Å². The smallest absolute Gasteiger partial charge is 0.195 e. The van der Waals surface area contributed by atoms with Crippen molar-refractivity contribution in [2.45, 2.75) is 39.8 Å². The van der Waals surface area contributed by atoms with Crippen LogP contribution in [0, 0.1) is 0 Å². The average Bonchev–Trinajstić information content (AvgIpc) is 2.98. The zero-order chi connectivity index (χ0) is 14.5. The van der Waals surface area contributed by atoms with Crippen molar-refractivity contribution in [3.63, 3.8) is 0 Å². The number of anilines is 1. The predicted octanol–water partition coefficient (Wildman–Crippen LogP) is 2.10. The fraction of sp³-hybridized carbons (Fsp3) is 0.643. The molecule has 6 heteroatoms. The van der Waals surface area contributed by atoms with Crippen LogP contribution >= 0.6 is 11.3 Å². The second-order valence-corrected chi connectivity index (χ2v) is 6.00. The lowest BCUT2D eigenvalue weighted by molar-refractivity contribution is 0.289. The van der Waals surface area contributed by atoms with Gasteiger partial charge in [0, 0.05) is 43.9 Å². The maximum Gasteiger partial charge on any atom is 0.195 e.